The first kappa shape index (κ1) is 15.3. The van der Waals surface area contributed by atoms with Crippen LogP contribution < -0.4 is 10.2 Å². The van der Waals surface area contributed by atoms with E-state index < -0.39 is 0 Å². The van der Waals surface area contributed by atoms with E-state index in [4.69, 9.17) is 0 Å². The Morgan fingerprint density at radius 2 is 2.05 bits per heavy atom. The van der Waals surface area contributed by atoms with E-state index in [9.17, 15) is 5.11 Å². The Morgan fingerprint density at radius 3 is 2.70 bits per heavy atom. The molecule has 1 aliphatic rings. The minimum atomic E-state index is -0.203. The van der Waals surface area contributed by atoms with Gasteiger partial charge in [-0.3, -0.25) is 0 Å². The standard InChI is InChI=1S/C17H28N2O/c1-13(2)10-18-11-15-6-4-5-7-17(15)19-9-8-16(12-19)14(3)20/h4-7,13-14,16,18,20H,8-12H2,1-3H3. The second kappa shape index (κ2) is 7.09. The monoisotopic (exact) mass is 276 g/mol. The van der Waals surface area contributed by atoms with Gasteiger partial charge in [0.05, 0.1) is 6.10 Å². The molecule has 0 saturated carbocycles. The van der Waals surface area contributed by atoms with Crippen LogP contribution in [0.25, 0.3) is 0 Å². The molecule has 2 atom stereocenters. The van der Waals surface area contributed by atoms with E-state index in [0.29, 0.717) is 11.8 Å². The number of para-hydroxylation sites is 1. The molecule has 3 heteroatoms. The number of benzene rings is 1. The number of nitrogens with zero attached hydrogens (tertiary/aromatic N) is 1. The molecule has 0 spiro atoms. The summed E-state index contributed by atoms with van der Waals surface area (Å²) in [4.78, 5) is 2.42. The van der Waals surface area contributed by atoms with Crippen LogP contribution in [0.15, 0.2) is 24.3 Å². The van der Waals surface area contributed by atoms with Crippen LogP contribution >= 0.6 is 0 Å². The van der Waals surface area contributed by atoms with Crippen molar-refractivity contribution >= 4 is 5.69 Å². The number of aliphatic hydroxyl groups excluding tert-OH is 1. The Hall–Kier alpha value is -1.06. The van der Waals surface area contributed by atoms with Crippen LogP contribution in [0.1, 0.15) is 32.8 Å². The van der Waals surface area contributed by atoms with Crippen molar-refractivity contribution in [1.29, 1.82) is 0 Å². The third kappa shape index (κ3) is 3.97. The zero-order valence-corrected chi connectivity index (χ0v) is 13.0. The lowest BCUT2D eigenvalue weighted by Gasteiger charge is -2.23. The fraction of sp³-hybridized carbons (Fsp3) is 0.647. The summed E-state index contributed by atoms with van der Waals surface area (Å²) >= 11 is 0. The maximum absolute atomic E-state index is 9.75. The van der Waals surface area contributed by atoms with E-state index in [-0.39, 0.29) is 6.10 Å². The van der Waals surface area contributed by atoms with Gasteiger partial charge in [-0.1, -0.05) is 32.0 Å². The number of hydrogen-bond donors (Lipinski definition) is 2. The molecule has 1 aromatic rings. The lowest BCUT2D eigenvalue weighted by Crippen LogP contribution is -2.26. The highest BCUT2D eigenvalue weighted by Gasteiger charge is 2.26. The molecular weight excluding hydrogens is 248 g/mol. The van der Waals surface area contributed by atoms with E-state index in [1.165, 1.54) is 11.3 Å². The number of rotatable bonds is 6. The van der Waals surface area contributed by atoms with Crippen LogP contribution in [0.4, 0.5) is 5.69 Å². The minimum Gasteiger partial charge on any atom is -0.393 e. The first-order valence-corrected chi connectivity index (χ1v) is 7.79. The molecule has 2 unspecified atom stereocenters. The smallest absolute Gasteiger partial charge is 0.0557 e. The van der Waals surface area contributed by atoms with Crippen LogP contribution in [0.2, 0.25) is 0 Å². The summed E-state index contributed by atoms with van der Waals surface area (Å²) in [6.45, 7) is 10.4. The van der Waals surface area contributed by atoms with Crippen molar-refractivity contribution in [3.63, 3.8) is 0 Å². The van der Waals surface area contributed by atoms with E-state index in [1.54, 1.807) is 0 Å². The Bertz CT molecular complexity index is 417. The highest BCUT2D eigenvalue weighted by molar-refractivity contribution is 5.54. The molecule has 112 valence electrons. The second-order valence-corrected chi connectivity index (χ2v) is 6.39. The molecule has 2 N–H and O–H groups in total. The van der Waals surface area contributed by atoms with E-state index >= 15 is 0 Å². The van der Waals surface area contributed by atoms with E-state index in [0.717, 1.165) is 32.6 Å². The maximum Gasteiger partial charge on any atom is 0.0557 e. The molecule has 1 heterocycles. The molecule has 0 radical (unpaired) electrons. The van der Waals surface area contributed by atoms with E-state index in [1.807, 2.05) is 6.92 Å². The number of anilines is 1. The van der Waals surface area contributed by atoms with Crippen molar-refractivity contribution in [1.82, 2.24) is 5.32 Å². The quantitative estimate of drug-likeness (QED) is 0.838. The normalized spacial score (nSPS) is 20.6. The van der Waals surface area contributed by atoms with Gasteiger partial charge in [-0.2, -0.15) is 0 Å². The molecule has 0 aromatic heterocycles. The van der Waals surface area contributed by atoms with Gasteiger partial charge in [0.2, 0.25) is 0 Å². The summed E-state index contributed by atoms with van der Waals surface area (Å²) in [5, 5.41) is 13.3. The van der Waals surface area contributed by atoms with Crippen LogP contribution in [-0.4, -0.2) is 30.8 Å². The average Bonchev–Trinajstić information content (AvgIpc) is 2.88. The molecule has 20 heavy (non-hydrogen) atoms. The molecular formula is C17H28N2O. The molecule has 1 saturated heterocycles. The Labute approximate surface area is 123 Å². The van der Waals surface area contributed by atoms with Gasteiger partial charge in [-0.25, -0.2) is 0 Å². The van der Waals surface area contributed by atoms with Gasteiger partial charge in [0.25, 0.3) is 0 Å². The van der Waals surface area contributed by atoms with Crippen molar-refractivity contribution in [2.24, 2.45) is 11.8 Å². The lowest BCUT2D eigenvalue weighted by atomic mass is 10.0. The number of hydrogen-bond acceptors (Lipinski definition) is 3. The van der Waals surface area contributed by atoms with Gasteiger partial charge in [0.1, 0.15) is 0 Å². The highest BCUT2D eigenvalue weighted by Crippen LogP contribution is 2.28. The largest absolute Gasteiger partial charge is 0.393 e. The fourth-order valence-electron chi connectivity index (χ4n) is 2.86. The van der Waals surface area contributed by atoms with Crippen LogP contribution in [0, 0.1) is 11.8 Å². The van der Waals surface area contributed by atoms with Crippen molar-refractivity contribution in [2.45, 2.75) is 39.8 Å². The fourth-order valence-corrected chi connectivity index (χ4v) is 2.86. The number of aliphatic hydroxyl groups is 1. The lowest BCUT2D eigenvalue weighted by molar-refractivity contribution is 0.136. The Balaban J connectivity index is 2.01. The maximum atomic E-state index is 9.75. The van der Waals surface area contributed by atoms with Gasteiger partial charge in [0, 0.05) is 31.2 Å². The predicted octanol–water partition coefficient (Wildman–Crippen LogP) is 2.64. The topological polar surface area (TPSA) is 35.5 Å². The first-order valence-electron chi connectivity index (χ1n) is 7.79. The van der Waals surface area contributed by atoms with Crippen molar-refractivity contribution in [2.75, 3.05) is 24.5 Å². The van der Waals surface area contributed by atoms with Crippen LogP contribution in [-0.2, 0) is 6.54 Å². The number of nitrogens with one attached hydrogen (secondary N) is 1. The van der Waals surface area contributed by atoms with Gasteiger partial charge >= 0.3 is 0 Å². The second-order valence-electron chi connectivity index (χ2n) is 6.39. The molecule has 0 bridgehead atoms. The summed E-state index contributed by atoms with van der Waals surface area (Å²) in [5.74, 6) is 1.08. The predicted molar refractivity (Wildman–Crippen MR) is 85.0 cm³/mol. The third-order valence-electron chi connectivity index (χ3n) is 4.11. The molecule has 2 rings (SSSR count). The molecule has 0 amide bonds. The summed E-state index contributed by atoms with van der Waals surface area (Å²) in [7, 11) is 0. The van der Waals surface area contributed by atoms with Crippen molar-refractivity contribution < 1.29 is 5.11 Å². The van der Waals surface area contributed by atoms with Gasteiger partial charge in [-0.15, -0.1) is 0 Å². The molecule has 1 fully saturated rings. The summed E-state index contributed by atoms with van der Waals surface area (Å²) in [6.07, 6.45) is 0.886. The minimum absolute atomic E-state index is 0.203. The average molecular weight is 276 g/mol. The Kier molecular flexibility index (Phi) is 5.44. The SMILES string of the molecule is CC(C)CNCc1ccccc1N1CCC(C(C)O)C1. The zero-order valence-electron chi connectivity index (χ0n) is 13.0. The first-order chi connectivity index (χ1) is 9.58. The van der Waals surface area contributed by atoms with Gasteiger partial charge in [0.15, 0.2) is 0 Å². The summed E-state index contributed by atoms with van der Waals surface area (Å²) in [6, 6.07) is 8.63. The molecule has 1 aliphatic heterocycles. The van der Waals surface area contributed by atoms with Gasteiger partial charge < -0.3 is 15.3 Å². The zero-order chi connectivity index (χ0) is 14.5. The molecule has 0 aliphatic carbocycles. The summed E-state index contributed by atoms with van der Waals surface area (Å²) in [5.41, 5.74) is 2.69. The molecule has 1 aromatic carbocycles. The van der Waals surface area contributed by atoms with Crippen molar-refractivity contribution in [3.05, 3.63) is 29.8 Å². The Morgan fingerprint density at radius 1 is 1.30 bits per heavy atom. The van der Waals surface area contributed by atoms with Crippen molar-refractivity contribution in [3.8, 4) is 0 Å². The van der Waals surface area contributed by atoms with E-state index in [2.05, 4.69) is 48.3 Å². The third-order valence-corrected chi connectivity index (χ3v) is 4.11. The van der Waals surface area contributed by atoms with Crippen LogP contribution in [0.3, 0.4) is 0 Å². The van der Waals surface area contributed by atoms with Crippen LogP contribution in [0.5, 0.6) is 0 Å². The molecule has 3 nitrogen and oxygen atoms in total. The highest BCUT2D eigenvalue weighted by atomic mass is 16.3. The summed E-state index contributed by atoms with van der Waals surface area (Å²) < 4.78 is 0. The van der Waals surface area contributed by atoms with Gasteiger partial charge in [-0.05, 0) is 37.4 Å².